The summed E-state index contributed by atoms with van der Waals surface area (Å²) < 4.78 is 10.6. The van der Waals surface area contributed by atoms with Gasteiger partial charge in [0, 0.05) is 24.4 Å². The van der Waals surface area contributed by atoms with E-state index in [1.54, 1.807) is 42.5 Å². The predicted octanol–water partition coefficient (Wildman–Crippen LogP) is 1.64. The Bertz CT molecular complexity index is 965. The SMILES string of the molecule is COC(=O)c1ccc(C2CN(C(/C=C(\N)c3ccccc3O)=C(N)N)CCO2)cc1. The van der Waals surface area contributed by atoms with Crippen LogP contribution in [0.25, 0.3) is 5.70 Å². The zero-order chi connectivity index (χ0) is 21.7. The smallest absolute Gasteiger partial charge is 0.337 e. The van der Waals surface area contributed by atoms with Crippen LogP contribution in [0.4, 0.5) is 0 Å². The van der Waals surface area contributed by atoms with Crippen molar-refractivity contribution < 1.29 is 19.4 Å². The van der Waals surface area contributed by atoms with Gasteiger partial charge in [-0.2, -0.15) is 0 Å². The average molecular weight is 410 g/mol. The molecule has 1 unspecified atom stereocenters. The molecule has 0 saturated carbocycles. The number of aromatic hydroxyl groups is 1. The molecule has 0 spiro atoms. The number of morpholine rings is 1. The molecule has 1 fully saturated rings. The van der Waals surface area contributed by atoms with Crippen molar-refractivity contribution in [1.82, 2.24) is 4.90 Å². The van der Waals surface area contributed by atoms with E-state index in [-0.39, 0.29) is 17.7 Å². The number of para-hydroxylation sites is 1. The molecule has 3 rings (SSSR count). The van der Waals surface area contributed by atoms with Crippen molar-refractivity contribution in [3.05, 3.63) is 82.8 Å². The number of phenols is 1. The summed E-state index contributed by atoms with van der Waals surface area (Å²) in [5, 5.41) is 10.0. The second-order valence-electron chi connectivity index (χ2n) is 6.88. The molecule has 1 saturated heterocycles. The van der Waals surface area contributed by atoms with Gasteiger partial charge in [-0.25, -0.2) is 4.79 Å². The molecule has 1 aliphatic rings. The number of phenolic OH excluding ortho intramolecular Hbond substituents is 1. The molecule has 158 valence electrons. The molecule has 2 aromatic rings. The first-order valence-electron chi connectivity index (χ1n) is 9.46. The molecule has 0 aromatic heterocycles. The number of hydrogen-bond donors (Lipinski definition) is 4. The Morgan fingerprint density at radius 3 is 2.50 bits per heavy atom. The van der Waals surface area contributed by atoms with Gasteiger partial charge < -0.3 is 36.7 Å². The second-order valence-corrected chi connectivity index (χ2v) is 6.88. The minimum absolute atomic E-state index is 0.0757. The maximum atomic E-state index is 11.6. The van der Waals surface area contributed by atoms with Crippen LogP contribution in [0.2, 0.25) is 0 Å². The van der Waals surface area contributed by atoms with Gasteiger partial charge in [0.2, 0.25) is 0 Å². The third-order valence-corrected chi connectivity index (χ3v) is 4.91. The third kappa shape index (κ3) is 4.66. The number of allylic oxidation sites excluding steroid dienone is 1. The third-order valence-electron chi connectivity index (χ3n) is 4.91. The van der Waals surface area contributed by atoms with Gasteiger partial charge in [-0.05, 0) is 35.9 Å². The zero-order valence-electron chi connectivity index (χ0n) is 16.7. The molecule has 8 nitrogen and oxygen atoms in total. The monoisotopic (exact) mass is 410 g/mol. The van der Waals surface area contributed by atoms with Crippen molar-refractivity contribution in [3.8, 4) is 5.75 Å². The maximum absolute atomic E-state index is 11.6. The van der Waals surface area contributed by atoms with Crippen molar-refractivity contribution in [2.45, 2.75) is 6.10 Å². The largest absolute Gasteiger partial charge is 0.507 e. The number of nitrogens with two attached hydrogens (primary N) is 3. The standard InChI is InChI=1S/C22H26N4O4/c1-29-22(28)15-8-6-14(7-9-15)20-13-26(10-11-30-20)18(21(24)25)12-17(23)16-4-2-3-5-19(16)27/h2-9,12,20,27H,10-11,13,23-25H2,1H3/b17-12-. The zero-order valence-corrected chi connectivity index (χ0v) is 16.7. The molecule has 1 atom stereocenters. The molecule has 1 aliphatic heterocycles. The molecule has 0 radical (unpaired) electrons. The molecule has 2 aromatic carbocycles. The predicted molar refractivity (Wildman–Crippen MR) is 114 cm³/mol. The van der Waals surface area contributed by atoms with Crippen LogP contribution in [0.15, 0.2) is 66.1 Å². The van der Waals surface area contributed by atoms with Gasteiger partial charge in [0.1, 0.15) is 17.7 Å². The number of rotatable bonds is 5. The summed E-state index contributed by atoms with van der Waals surface area (Å²) in [6.07, 6.45) is 1.42. The first-order chi connectivity index (χ1) is 14.4. The van der Waals surface area contributed by atoms with E-state index in [9.17, 15) is 9.90 Å². The van der Waals surface area contributed by atoms with E-state index in [0.717, 1.165) is 5.56 Å². The highest BCUT2D eigenvalue weighted by molar-refractivity contribution is 5.89. The van der Waals surface area contributed by atoms with Crippen molar-refractivity contribution >= 4 is 11.7 Å². The lowest BCUT2D eigenvalue weighted by Crippen LogP contribution is -2.39. The number of nitrogens with zero attached hydrogens (tertiary/aromatic N) is 1. The Morgan fingerprint density at radius 1 is 1.17 bits per heavy atom. The fourth-order valence-electron chi connectivity index (χ4n) is 3.32. The molecule has 7 N–H and O–H groups in total. The Morgan fingerprint density at radius 2 is 1.87 bits per heavy atom. The minimum atomic E-state index is -0.390. The maximum Gasteiger partial charge on any atom is 0.337 e. The van der Waals surface area contributed by atoms with E-state index in [1.165, 1.54) is 7.11 Å². The first kappa shape index (κ1) is 21.1. The van der Waals surface area contributed by atoms with Crippen LogP contribution in [-0.4, -0.2) is 42.8 Å². The number of hydrogen-bond acceptors (Lipinski definition) is 8. The quantitative estimate of drug-likeness (QED) is 0.431. The number of carbonyl (C=O) groups excluding carboxylic acids is 1. The van der Waals surface area contributed by atoms with Crippen molar-refractivity contribution in [2.75, 3.05) is 26.8 Å². The van der Waals surface area contributed by atoms with E-state index in [4.69, 9.17) is 26.7 Å². The van der Waals surface area contributed by atoms with Gasteiger partial charge in [0.25, 0.3) is 0 Å². The Hall–Kier alpha value is -3.65. The fourth-order valence-corrected chi connectivity index (χ4v) is 3.32. The number of methoxy groups -OCH3 is 1. The van der Waals surface area contributed by atoms with E-state index in [2.05, 4.69) is 0 Å². The summed E-state index contributed by atoms with van der Waals surface area (Å²) in [6, 6.07) is 13.9. The lowest BCUT2D eigenvalue weighted by atomic mass is 10.0. The Labute approximate surface area is 175 Å². The van der Waals surface area contributed by atoms with E-state index in [0.29, 0.717) is 42.2 Å². The highest BCUT2D eigenvalue weighted by Crippen LogP contribution is 2.27. The Balaban J connectivity index is 1.81. The summed E-state index contributed by atoms with van der Waals surface area (Å²) in [4.78, 5) is 13.6. The first-order valence-corrected chi connectivity index (χ1v) is 9.46. The number of carbonyl (C=O) groups is 1. The van der Waals surface area contributed by atoms with Crippen LogP contribution >= 0.6 is 0 Å². The molecule has 1 heterocycles. The van der Waals surface area contributed by atoms with Crippen LogP contribution in [0.3, 0.4) is 0 Å². The summed E-state index contributed by atoms with van der Waals surface area (Å²) in [7, 11) is 1.35. The molecule has 30 heavy (non-hydrogen) atoms. The van der Waals surface area contributed by atoms with Gasteiger partial charge in [-0.3, -0.25) is 0 Å². The summed E-state index contributed by atoms with van der Waals surface area (Å²) in [5.74, 6) is -0.194. The number of ether oxygens (including phenoxy) is 2. The van der Waals surface area contributed by atoms with E-state index in [1.807, 2.05) is 17.0 Å². The Kier molecular flexibility index (Phi) is 6.48. The van der Waals surface area contributed by atoms with Crippen LogP contribution in [0.5, 0.6) is 5.75 Å². The van der Waals surface area contributed by atoms with Gasteiger partial charge in [0.05, 0.1) is 25.0 Å². The molecule has 0 amide bonds. The molecule has 0 bridgehead atoms. The topological polar surface area (TPSA) is 137 Å². The summed E-state index contributed by atoms with van der Waals surface area (Å²) in [5.41, 5.74) is 20.9. The fraction of sp³-hybridized carbons (Fsp3) is 0.227. The highest BCUT2D eigenvalue weighted by Gasteiger charge is 2.24. The molecule has 8 heteroatoms. The lowest BCUT2D eigenvalue weighted by Gasteiger charge is -2.35. The molecular weight excluding hydrogens is 384 g/mol. The van der Waals surface area contributed by atoms with Gasteiger partial charge in [0.15, 0.2) is 0 Å². The van der Waals surface area contributed by atoms with Crippen molar-refractivity contribution in [3.63, 3.8) is 0 Å². The van der Waals surface area contributed by atoms with Crippen LogP contribution in [-0.2, 0) is 9.47 Å². The molecule has 0 aliphatic carbocycles. The summed E-state index contributed by atoms with van der Waals surface area (Å²) in [6.45, 7) is 1.54. The van der Waals surface area contributed by atoms with E-state index >= 15 is 0 Å². The van der Waals surface area contributed by atoms with Gasteiger partial charge in [-0.1, -0.05) is 24.3 Å². The van der Waals surface area contributed by atoms with E-state index < -0.39 is 5.97 Å². The van der Waals surface area contributed by atoms with Crippen LogP contribution in [0.1, 0.15) is 27.6 Å². The lowest BCUT2D eigenvalue weighted by molar-refractivity contribution is -0.0172. The summed E-state index contributed by atoms with van der Waals surface area (Å²) >= 11 is 0. The number of benzene rings is 2. The average Bonchev–Trinajstić information content (AvgIpc) is 2.77. The van der Waals surface area contributed by atoms with Gasteiger partial charge >= 0.3 is 5.97 Å². The van der Waals surface area contributed by atoms with Crippen LogP contribution in [0, 0.1) is 0 Å². The molecular formula is C22H26N4O4. The highest BCUT2D eigenvalue weighted by atomic mass is 16.5. The van der Waals surface area contributed by atoms with Gasteiger partial charge in [-0.15, -0.1) is 0 Å². The van der Waals surface area contributed by atoms with Crippen LogP contribution < -0.4 is 17.2 Å². The minimum Gasteiger partial charge on any atom is -0.507 e. The number of esters is 1. The van der Waals surface area contributed by atoms with Crippen molar-refractivity contribution in [2.24, 2.45) is 17.2 Å². The second kappa shape index (κ2) is 9.23. The van der Waals surface area contributed by atoms with Crippen molar-refractivity contribution in [1.29, 1.82) is 0 Å². The normalized spacial score (nSPS) is 16.8.